The Labute approximate surface area is 166 Å². The van der Waals surface area contributed by atoms with Crippen LogP contribution in [0.5, 0.6) is 5.75 Å². The van der Waals surface area contributed by atoms with E-state index >= 15 is 0 Å². The lowest BCUT2D eigenvalue weighted by Gasteiger charge is -2.12. The molecule has 2 N–H and O–H groups in total. The zero-order valence-electron chi connectivity index (χ0n) is 14.5. The Morgan fingerprint density at radius 1 is 1.16 bits per heavy atom. The molecule has 1 aromatic carbocycles. The number of hydrogen-bond acceptors (Lipinski definition) is 3. The van der Waals surface area contributed by atoms with Gasteiger partial charge in [0.05, 0.1) is 6.61 Å². The SMILES string of the molecule is CN=C(NCCc1ccc2c(c1)CCO2)NCCc1ccccn1.I. The predicted octanol–water partition coefficient (Wildman–Crippen LogP) is 2.58. The fourth-order valence-corrected chi connectivity index (χ4v) is 2.80. The van der Waals surface area contributed by atoms with Crippen LogP contribution in [0.15, 0.2) is 47.6 Å². The molecular weight excluding hydrogens is 427 g/mol. The summed E-state index contributed by atoms with van der Waals surface area (Å²) in [5, 5.41) is 6.68. The molecule has 0 amide bonds. The van der Waals surface area contributed by atoms with E-state index in [1.807, 2.05) is 24.4 Å². The van der Waals surface area contributed by atoms with Gasteiger partial charge in [-0.25, -0.2) is 0 Å². The van der Waals surface area contributed by atoms with Gasteiger partial charge in [-0.2, -0.15) is 0 Å². The second kappa shape index (κ2) is 10.2. The number of hydrogen-bond donors (Lipinski definition) is 2. The molecule has 6 heteroatoms. The van der Waals surface area contributed by atoms with Crippen molar-refractivity contribution in [1.29, 1.82) is 0 Å². The molecule has 2 aromatic rings. The van der Waals surface area contributed by atoms with E-state index in [-0.39, 0.29) is 24.0 Å². The van der Waals surface area contributed by atoms with Crippen LogP contribution in [0.4, 0.5) is 0 Å². The molecule has 25 heavy (non-hydrogen) atoms. The molecule has 3 rings (SSSR count). The van der Waals surface area contributed by atoms with Gasteiger partial charge in [-0.15, -0.1) is 24.0 Å². The quantitative estimate of drug-likeness (QED) is 0.402. The molecule has 2 heterocycles. The molecule has 1 aliphatic rings. The molecule has 0 spiro atoms. The van der Waals surface area contributed by atoms with Crippen LogP contribution in [0.1, 0.15) is 16.8 Å². The van der Waals surface area contributed by atoms with Gasteiger partial charge < -0.3 is 15.4 Å². The smallest absolute Gasteiger partial charge is 0.190 e. The number of nitrogens with one attached hydrogen (secondary N) is 2. The van der Waals surface area contributed by atoms with Crippen molar-refractivity contribution in [3.8, 4) is 5.75 Å². The highest BCUT2D eigenvalue weighted by Gasteiger charge is 2.11. The maximum Gasteiger partial charge on any atom is 0.190 e. The highest BCUT2D eigenvalue weighted by molar-refractivity contribution is 14.0. The van der Waals surface area contributed by atoms with Gasteiger partial charge in [0, 0.05) is 44.9 Å². The van der Waals surface area contributed by atoms with Crippen LogP contribution in [-0.2, 0) is 19.3 Å². The van der Waals surface area contributed by atoms with E-state index in [1.165, 1.54) is 11.1 Å². The molecule has 1 aromatic heterocycles. The molecule has 5 nitrogen and oxygen atoms in total. The number of aromatic nitrogens is 1. The van der Waals surface area contributed by atoms with Crippen LogP contribution >= 0.6 is 24.0 Å². The normalized spacial score (nSPS) is 12.8. The largest absolute Gasteiger partial charge is 0.493 e. The minimum absolute atomic E-state index is 0. The third kappa shape index (κ3) is 5.88. The second-order valence-electron chi connectivity index (χ2n) is 5.79. The number of benzene rings is 1. The van der Waals surface area contributed by atoms with E-state index in [1.54, 1.807) is 7.05 Å². The van der Waals surface area contributed by atoms with Crippen molar-refractivity contribution < 1.29 is 4.74 Å². The first-order chi connectivity index (χ1) is 11.8. The number of nitrogens with zero attached hydrogens (tertiary/aromatic N) is 2. The number of fused-ring (bicyclic) bond motifs is 1. The summed E-state index contributed by atoms with van der Waals surface area (Å²) in [6, 6.07) is 12.5. The van der Waals surface area contributed by atoms with Crippen molar-refractivity contribution in [3.05, 3.63) is 59.4 Å². The Bertz CT molecular complexity index is 691. The minimum atomic E-state index is 0. The summed E-state index contributed by atoms with van der Waals surface area (Å²) in [6.07, 6.45) is 4.69. The van der Waals surface area contributed by atoms with Crippen LogP contribution in [0, 0.1) is 0 Å². The monoisotopic (exact) mass is 452 g/mol. The molecule has 0 bridgehead atoms. The lowest BCUT2D eigenvalue weighted by atomic mass is 10.1. The van der Waals surface area contributed by atoms with Gasteiger partial charge in [0.25, 0.3) is 0 Å². The third-order valence-electron chi connectivity index (χ3n) is 4.08. The van der Waals surface area contributed by atoms with E-state index in [0.29, 0.717) is 0 Å². The van der Waals surface area contributed by atoms with E-state index < -0.39 is 0 Å². The molecule has 0 atom stereocenters. The minimum Gasteiger partial charge on any atom is -0.493 e. The molecule has 0 radical (unpaired) electrons. The highest BCUT2D eigenvalue weighted by Crippen LogP contribution is 2.25. The summed E-state index contributed by atoms with van der Waals surface area (Å²) in [7, 11) is 1.79. The van der Waals surface area contributed by atoms with Crippen LogP contribution in [-0.4, -0.2) is 37.7 Å². The van der Waals surface area contributed by atoms with Crippen LogP contribution in [0.3, 0.4) is 0 Å². The van der Waals surface area contributed by atoms with Gasteiger partial charge in [0.1, 0.15) is 5.75 Å². The van der Waals surface area contributed by atoms with Crippen molar-refractivity contribution in [3.63, 3.8) is 0 Å². The molecule has 0 saturated carbocycles. The fourth-order valence-electron chi connectivity index (χ4n) is 2.80. The van der Waals surface area contributed by atoms with Crippen molar-refractivity contribution in [2.75, 3.05) is 26.7 Å². The first-order valence-corrected chi connectivity index (χ1v) is 8.44. The van der Waals surface area contributed by atoms with Crippen molar-refractivity contribution in [1.82, 2.24) is 15.6 Å². The van der Waals surface area contributed by atoms with Gasteiger partial charge in [0.2, 0.25) is 0 Å². The first-order valence-electron chi connectivity index (χ1n) is 8.44. The summed E-state index contributed by atoms with van der Waals surface area (Å²) >= 11 is 0. The number of halogens is 1. The van der Waals surface area contributed by atoms with Crippen molar-refractivity contribution >= 4 is 29.9 Å². The Balaban J connectivity index is 0.00000225. The average Bonchev–Trinajstić information content (AvgIpc) is 3.09. The van der Waals surface area contributed by atoms with Gasteiger partial charge in [-0.05, 0) is 35.7 Å². The van der Waals surface area contributed by atoms with Gasteiger partial charge >= 0.3 is 0 Å². The molecule has 0 fully saturated rings. The summed E-state index contributed by atoms with van der Waals surface area (Å²) < 4.78 is 5.54. The standard InChI is InChI=1S/C19H24N4O.HI/c1-20-19(23-12-8-17-4-2-3-10-21-17)22-11-7-15-5-6-18-16(14-15)9-13-24-18;/h2-6,10,14H,7-9,11-13H2,1H3,(H2,20,22,23);1H. The highest BCUT2D eigenvalue weighted by atomic mass is 127. The number of ether oxygens (including phenoxy) is 1. The summed E-state index contributed by atoms with van der Waals surface area (Å²) in [6.45, 7) is 2.47. The van der Waals surface area contributed by atoms with Crippen LogP contribution in [0.2, 0.25) is 0 Å². The lowest BCUT2D eigenvalue weighted by molar-refractivity contribution is 0.357. The predicted molar refractivity (Wildman–Crippen MR) is 112 cm³/mol. The molecular formula is C19H25IN4O. The molecule has 0 unspecified atom stereocenters. The van der Waals surface area contributed by atoms with E-state index in [2.05, 4.69) is 38.8 Å². The van der Waals surface area contributed by atoms with Crippen LogP contribution in [0.25, 0.3) is 0 Å². The number of guanidine groups is 1. The third-order valence-corrected chi connectivity index (χ3v) is 4.08. The number of aliphatic imine (C=N–C) groups is 1. The molecule has 1 aliphatic heterocycles. The van der Waals surface area contributed by atoms with Crippen LogP contribution < -0.4 is 15.4 Å². The Morgan fingerprint density at radius 3 is 2.76 bits per heavy atom. The van der Waals surface area contributed by atoms with Gasteiger partial charge in [-0.1, -0.05) is 18.2 Å². The van der Waals surface area contributed by atoms with E-state index in [9.17, 15) is 0 Å². The van der Waals surface area contributed by atoms with Gasteiger partial charge in [-0.3, -0.25) is 9.98 Å². The number of pyridine rings is 1. The molecule has 0 saturated heterocycles. The first kappa shape index (κ1) is 19.5. The summed E-state index contributed by atoms with van der Waals surface area (Å²) in [5.41, 5.74) is 3.74. The summed E-state index contributed by atoms with van der Waals surface area (Å²) in [5.74, 6) is 1.87. The zero-order chi connectivity index (χ0) is 16.6. The Hall–Kier alpha value is -1.83. The Kier molecular flexibility index (Phi) is 7.97. The summed E-state index contributed by atoms with van der Waals surface area (Å²) in [4.78, 5) is 8.58. The van der Waals surface area contributed by atoms with E-state index in [4.69, 9.17) is 4.74 Å². The van der Waals surface area contributed by atoms with Gasteiger partial charge in [0.15, 0.2) is 5.96 Å². The maximum atomic E-state index is 5.54. The molecule has 0 aliphatic carbocycles. The fraction of sp³-hybridized carbons (Fsp3) is 0.368. The van der Waals surface area contributed by atoms with E-state index in [0.717, 1.165) is 56.4 Å². The lowest BCUT2D eigenvalue weighted by Crippen LogP contribution is -2.39. The van der Waals surface area contributed by atoms with Crippen molar-refractivity contribution in [2.45, 2.75) is 19.3 Å². The zero-order valence-corrected chi connectivity index (χ0v) is 16.8. The Morgan fingerprint density at radius 2 is 2.00 bits per heavy atom. The topological polar surface area (TPSA) is 58.5 Å². The maximum absolute atomic E-state index is 5.54. The number of rotatable bonds is 6. The second-order valence-corrected chi connectivity index (χ2v) is 5.79. The average molecular weight is 452 g/mol. The van der Waals surface area contributed by atoms with Crippen molar-refractivity contribution in [2.24, 2.45) is 4.99 Å². The molecule has 134 valence electrons.